The lowest BCUT2D eigenvalue weighted by atomic mass is 9.75. The molecule has 7 nitrogen and oxygen atoms in total. The van der Waals surface area contributed by atoms with Gasteiger partial charge in [-0.05, 0) is 59.8 Å². The molecule has 36 heavy (non-hydrogen) atoms. The second-order valence-electron chi connectivity index (χ2n) is 8.66. The number of hydrogen-bond acceptors (Lipinski definition) is 6. The first kappa shape index (κ1) is 25.6. The van der Waals surface area contributed by atoms with Crippen LogP contribution in [0.3, 0.4) is 0 Å². The van der Waals surface area contributed by atoms with E-state index in [0.29, 0.717) is 22.2 Å². The number of benzene rings is 3. The van der Waals surface area contributed by atoms with Crippen LogP contribution in [0.2, 0.25) is 0 Å². The van der Waals surface area contributed by atoms with Crippen LogP contribution in [0.15, 0.2) is 66.7 Å². The van der Waals surface area contributed by atoms with Crippen molar-refractivity contribution in [1.82, 2.24) is 5.32 Å². The van der Waals surface area contributed by atoms with E-state index < -0.39 is 37.0 Å². The average Bonchev–Trinajstić information content (AvgIpc) is 3.27. The van der Waals surface area contributed by atoms with E-state index >= 15 is 0 Å². The first-order valence-corrected chi connectivity index (χ1v) is 11.6. The topological polar surface area (TPSA) is 94.1 Å². The Morgan fingerprint density at radius 3 is 2.47 bits per heavy atom. The molecule has 0 saturated carbocycles. The number of nitrogens with one attached hydrogen (secondary N) is 1. The minimum atomic E-state index is -1.12. The van der Waals surface area contributed by atoms with Crippen molar-refractivity contribution in [3.05, 3.63) is 100 Å². The maximum atomic E-state index is 13.2. The van der Waals surface area contributed by atoms with Crippen molar-refractivity contribution in [3.63, 3.8) is 0 Å². The van der Waals surface area contributed by atoms with Crippen molar-refractivity contribution in [3.8, 4) is 0 Å². The van der Waals surface area contributed by atoms with Gasteiger partial charge in [-0.2, -0.15) is 0 Å². The van der Waals surface area contributed by atoms with Gasteiger partial charge in [0.15, 0.2) is 6.04 Å². The van der Waals surface area contributed by atoms with E-state index in [2.05, 4.69) is 5.32 Å². The molecule has 0 aliphatic carbocycles. The predicted octanol–water partition coefficient (Wildman–Crippen LogP) is 2.80. The van der Waals surface area contributed by atoms with Crippen LogP contribution >= 0.6 is 0 Å². The number of rotatable bonds is 9. The van der Waals surface area contributed by atoms with Crippen LogP contribution in [0.25, 0.3) is 0 Å². The normalized spacial score (nSPS) is 14.2. The maximum Gasteiger partial charge on any atom is 0.492 e. The van der Waals surface area contributed by atoms with Crippen molar-refractivity contribution < 1.29 is 33.1 Å². The number of esters is 1. The van der Waals surface area contributed by atoms with Crippen LogP contribution in [-0.4, -0.2) is 36.2 Å². The van der Waals surface area contributed by atoms with Crippen molar-refractivity contribution in [2.75, 3.05) is 0 Å². The molecule has 0 bridgehead atoms. The van der Waals surface area contributed by atoms with Gasteiger partial charge < -0.3 is 24.5 Å². The molecule has 1 heterocycles. The van der Waals surface area contributed by atoms with E-state index in [0.717, 1.165) is 11.1 Å². The standard InChI is InChI=1S/C27H27BFNO6/c1-17-23(13-10-21-16-36-28(33)24(17)21)26(31)30-25(18(2)34-14-19-6-4-3-5-7-19)27(32)35-15-20-8-11-22(29)12-9-20/h3-13,18,25,33H,14-16H2,1-2H3,(H,30,31). The highest BCUT2D eigenvalue weighted by molar-refractivity contribution is 6.62. The molecule has 0 saturated heterocycles. The van der Waals surface area contributed by atoms with E-state index in [9.17, 15) is 19.0 Å². The predicted molar refractivity (Wildman–Crippen MR) is 132 cm³/mol. The van der Waals surface area contributed by atoms with E-state index in [1.807, 2.05) is 30.3 Å². The summed E-state index contributed by atoms with van der Waals surface area (Å²) in [6.45, 7) is 3.82. The van der Waals surface area contributed by atoms with Gasteiger partial charge in [-0.25, -0.2) is 9.18 Å². The van der Waals surface area contributed by atoms with Crippen LogP contribution in [0.1, 0.15) is 39.5 Å². The highest BCUT2D eigenvalue weighted by Crippen LogP contribution is 2.17. The van der Waals surface area contributed by atoms with Crippen molar-refractivity contribution in [2.24, 2.45) is 0 Å². The summed E-state index contributed by atoms with van der Waals surface area (Å²) < 4.78 is 29.8. The van der Waals surface area contributed by atoms with Gasteiger partial charge >= 0.3 is 13.1 Å². The third-order valence-corrected chi connectivity index (χ3v) is 6.15. The first-order valence-electron chi connectivity index (χ1n) is 11.6. The van der Waals surface area contributed by atoms with E-state index in [1.54, 1.807) is 26.0 Å². The Morgan fingerprint density at radius 2 is 1.75 bits per heavy atom. The van der Waals surface area contributed by atoms with Gasteiger partial charge in [0.05, 0.1) is 19.3 Å². The fourth-order valence-electron chi connectivity index (χ4n) is 4.06. The lowest BCUT2D eigenvalue weighted by molar-refractivity contribution is -0.151. The molecule has 0 fully saturated rings. The molecule has 3 aromatic rings. The Hall–Kier alpha value is -3.53. The Kier molecular flexibility index (Phi) is 8.15. The largest absolute Gasteiger partial charge is 0.492 e. The minimum absolute atomic E-state index is 0.0850. The Labute approximate surface area is 209 Å². The average molecular weight is 491 g/mol. The molecule has 2 unspecified atom stereocenters. The lowest BCUT2D eigenvalue weighted by Gasteiger charge is -2.24. The molecule has 2 atom stereocenters. The number of fused-ring (bicyclic) bond motifs is 1. The summed E-state index contributed by atoms with van der Waals surface area (Å²) in [5.41, 5.74) is 3.78. The molecule has 1 aliphatic rings. The maximum absolute atomic E-state index is 13.2. The number of ether oxygens (including phenoxy) is 2. The van der Waals surface area contributed by atoms with Crippen molar-refractivity contribution in [2.45, 2.75) is 45.8 Å². The highest BCUT2D eigenvalue weighted by Gasteiger charge is 2.33. The summed E-state index contributed by atoms with van der Waals surface area (Å²) in [7, 11) is -1.10. The zero-order chi connectivity index (χ0) is 25.7. The second kappa shape index (κ2) is 11.5. The molecule has 3 aromatic carbocycles. The quantitative estimate of drug-likeness (QED) is 0.353. The van der Waals surface area contributed by atoms with Crippen LogP contribution in [0.4, 0.5) is 4.39 Å². The summed E-state index contributed by atoms with van der Waals surface area (Å²) in [6.07, 6.45) is -0.724. The molecule has 1 amide bonds. The summed E-state index contributed by atoms with van der Waals surface area (Å²) in [5.74, 6) is -1.58. The van der Waals surface area contributed by atoms with Gasteiger partial charge in [-0.3, -0.25) is 4.79 Å². The van der Waals surface area contributed by atoms with Gasteiger partial charge in [0.1, 0.15) is 12.4 Å². The summed E-state index contributed by atoms with van der Waals surface area (Å²) in [5, 5.41) is 12.9. The number of amides is 1. The molecule has 4 rings (SSSR count). The van der Waals surface area contributed by atoms with Crippen molar-refractivity contribution in [1.29, 1.82) is 0 Å². The molecule has 0 aromatic heterocycles. The highest BCUT2D eigenvalue weighted by atomic mass is 19.1. The number of hydrogen-bond donors (Lipinski definition) is 2. The molecule has 1 aliphatic heterocycles. The van der Waals surface area contributed by atoms with Crippen LogP contribution < -0.4 is 10.8 Å². The molecule has 0 spiro atoms. The first-order chi connectivity index (χ1) is 17.3. The van der Waals surface area contributed by atoms with Crippen LogP contribution in [-0.2, 0) is 38.7 Å². The van der Waals surface area contributed by atoms with Crippen LogP contribution in [0, 0.1) is 12.7 Å². The third-order valence-electron chi connectivity index (χ3n) is 6.15. The second-order valence-corrected chi connectivity index (χ2v) is 8.66. The smallest absolute Gasteiger partial charge is 0.459 e. The van der Waals surface area contributed by atoms with Crippen LogP contribution in [0.5, 0.6) is 0 Å². The fourth-order valence-corrected chi connectivity index (χ4v) is 4.06. The number of carbonyl (C=O) groups is 2. The summed E-state index contributed by atoms with van der Waals surface area (Å²) in [4.78, 5) is 26.3. The fraction of sp³-hybridized carbons (Fsp3) is 0.259. The lowest BCUT2D eigenvalue weighted by Crippen LogP contribution is -2.49. The number of carbonyl (C=O) groups excluding carboxylic acids is 2. The molecule has 0 radical (unpaired) electrons. The molecule has 9 heteroatoms. The Bertz CT molecular complexity index is 1220. The minimum Gasteiger partial charge on any atom is -0.459 e. The van der Waals surface area contributed by atoms with Gasteiger partial charge in [0.25, 0.3) is 5.91 Å². The summed E-state index contributed by atoms with van der Waals surface area (Å²) >= 11 is 0. The molecule has 2 N–H and O–H groups in total. The Morgan fingerprint density at radius 1 is 1.06 bits per heavy atom. The van der Waals surface area contributed by atoms with Gasteiger partial charge in [0, 0.05) is 5.56 Å². The van der Waals surface area contributed by atoms with E-state index in [-0.39, 0.29) is 19.8 Å². The molecule has 186 valence electrons. The summed E-state index contributed by atoms with van der Waals surface area (Å²) in [6, 6.07) is 17.3. The van der Waals surface area contributed by atoms with E-state index in [1.165, 1.54) is 24.3 Å². The Balaban J connectivity index is 1.50. The number of halogens is 1. The zero-order valence-electron chi connectivity index (χ0n) is 20.1. The van der Waals surface area contributed by atoms with Crippen molar-refractivity contribution >= 4 is 24.5 Å². The monoisotopic (exact) mass is 491 g/mol. The van der Waals surface area contributed by atoms with Gasteiger partial charge in [-0.15, -0.1) is 0 Å². The SMILES string of the molecule is Cc1c(C(=O)NC(C(=O)OCc2ccc(F)cc2)C(C)OCc2ccccc2)ccc2c1B(O)OC2. The van der Waals surface area contributed by atoms with E-state index in [4.69, 9.17) is 14.1 Å². The third kappa shape index (κ3) is 5.99. The molecular weight excluding hydrogens is 464 g/mol. The van der Waals surface area contributed by atoms with Gasteiger partial charge in [-0.1, -0.05) is 48.5 Å². The molecular formula is C27H27BFNO6. The van der Waals surface area contributed by atoms with Gasteiger partial charge in [0.2, 0.25) is 0 Å². The zero-order valence-corrected chi connectivity index (χ0v) is 20.1.